The van der Waals surface area contributed by atoms with Crippen LogP contribution in [0.3, 0.4) is 0 Å². The van der Waals surface area contributed by atoms with E-state index >= 15 is 0 Å². The Bertz CT molecular complexity index is 1180. The summed E-state index contributed by atoms with van der Waals surface area (Å²) in [7, 11) is 0. The van der Waals surface area contributed by atoms with Crippen LogP contribution in [0.2, 0.25) is 5.02 Å². The molecule has 0 aliphatic rings. The van der Waals surface area contributed by atoms with Gasteiger partial charge in [0.2, 0.25) is 5.91 Å². The summed E-state index contributed by atoms with van der Waals surface area (Å²) >= 11 is 11.6. The third-order valence-electron chi connectivity index (χ3n) is 5.10. The Morgan fingerprint density at radius 1 is 1.08 bits per heavy atom. The van der Waals surface area contributed by atoms with Crippen LogP contribution in [-0.4, -0.2) is 30.0 Å². The number of nitrogens with two attached hydrogens (primary N) is 1. The topological polar surface area (TPSA) is 108 Å². The summed E-state index contributed by atoms with van der Waals surface area (Å²) in [6, 6.07) is 17.7. The maximum absolute atomic E-state index is 12.0. The SMILES string of the molecule is CCOCN(C(=O)CCl)c1c(C)cccc1CC.Nc1c([N+](=O)[O-])ccc(Oc2ccccc2)c1Cl. The molecule has 0 aromatic heterocycles. The molecule has 1 amide bonds. The highest BCUT2D eigenvalue weighted by Gasteiger charge is 2.20. The summed E-state index contributed by atoms with van der Waals surface area (Å²) in [5, 5.41) is 10.7. The molecule has 0 bridgehead atoms. The lowest BCUT2D eigenvalue weighted by Crippen LogP contribution is -2.35. The van der Waals surface area contributed by atoms with Crippen molar-refractivity contribution < 1.29 is 19.2 Å². The number of hydrogen-bond donors (Lipinski definition) is 1. The van der Waals surface area contributed by atoms with E-state index in [0.29, 0.717) is 12.4 Å². The Hall–Kier alpha value is -3.33. The number of alkyl halides is 1. The van der Waals surface area contributed by atoms with Crippen molar-refractivity contribution >= 4 is 46.2 Å². The van der Waals surface area contributed by atoms with E-state index in [4.69, 9.17) is 38.4 Å². The minimum atomic E-state index is -0.590. The number of para-hydroxylation sites is 2. The molecule has 0 aliphatic carbocycles. The molecule has 192 valence electrons. The molecule has 36 heavy (non-hydrogen) atoms. The molecule has 8 nitrogen and oxygen atoms in total. The molecular weight excluding hydrogens is 505 g/mol. The van der Waals surface area contributed by atoms with Gasteiger partial charge in [0.15, 0.2) is 0 Å². The van der Waals surface area contributed by atoms with E-state index in [9.17, 15) is 14.9 Å². The summed E-state index contributed by atoms with van der Waals surface area (Å²) in [5.74, 6) is 0.692. The molecule has 0 spiro atoms. The van der Waals surface area contributed by atoms with Gasteiger partial charge in [-0.05, 0) is 49.6 Å². The van der Waals surface area contributed by atoms with E-state index in [1.54, 1.807) is 29.2 Å². The number of nitro groups is 1. The number of aryl methyl sites for hydroxylation is 2. The fraction of sp³-hybridized carbons (Fsp3) is 0.269. The van der Waals surface area contributed by atoms with Crippen molar-refractivity contribution in [2.24, 2.45) is 0 Å². The Morgan fingerprint density at radius 3 is 2.36 bits per heavy atom. The predicted molar refractivity (Wildman–Crippen MR) is 144 cm³/mol. The third-order valence-corrected chi connectivity index (χ3v) is 5.72. The second kappa shape index (κ2) is 14.3. The van der Waals surface area contributed by atoms with Crippen LogP contribution in [0.15, 0.2) is 60.7 Å². The molecule has 3 rings (SSSR count). The summed E-state index contributed by atoms with van der Waals surface area (Å²) in [6.45, 7) is 6.79. The largest absolute Gasteiger partial charge is 0.456 e. The maximum atomic E-state index is 12.0. The number of carbonyl (C=O) groups is 1. The van der Waals surface area contributed by atoms with E-state index in [1.165, 1.54) is 12.1 Å². The molecule has 0 atom stereocenters. The highest BCUT2D eigenvalue weighted by molar-refractivity contribution is 6.35. The van der Waals surface area contributed by atoms with Crippen molar-refractivity contribution in [3.63, 3.8) is 0 Å². The fourth-order valence-corrected chi connectivity index (χ4v) is 3.67. The van der Waals surface area contributed by atoms with Crippen molar-refractivity contribution in [3.05, 3.63) is 86.9 Å². The molecular formula is C26H29Cl2N3O5. The van der Waals surface area contributed by atoms with E-state index in [-0.39, 0.29) is 40.7 Å². The molecule has 0 unspecified atom stereocenters. The lowest BCUT2D eigenvalue weighted by molar-refractivity contribution is -0.383. The predicted octanol–water partition coefficient (Wildman–Crippen LogP) is 6.75. The molecule has 3 aromatic rings. The first-order valence-corrected chi connectivity index (χ1v) is 12.1. The molecule has 0 fully saturated rings. The van der Waals surface area contributed by atoms with Crippen molar-refractivity contribution in [1.82, 2.24) is 0 Å². The number of nitrogen functional groups attached to an aromatic ring is 1. The number of ether oxygens (including phenoxy) is 2. The highest BCUT2D eigenvalue weighted by atomic mass is 35.5. The van der Waals surface area contributed by atoms with Crippen LogP contribution in [-0.2, 0) is 16.0 Å². The third kappa shape index (κ3) is 7.58. The Morgan fingerprint density at radius 2 is 1.78 bits per heavy atom. The van der Waals surface area contributed by atoms with Crippen LogP contribution in [0.25, 0.3) is 0 Å². The van der Waals surface area contributed by atoms with Crippen molar-refractivity contribution in [2.75, 3.05) is 29.9 Å². The molecule has 0 heterocycles. The summed E-state index contributed by atoms with van der Waals surface area (Å²) in [6.07, 6.45) is 0.870. The number of benzene rings is 3. The van der Waals surface area contributed by atoms with Gasteiger partial charge in [-0.1, -0.05) is 54.9 Å². The van der Waals surface area contributed by atoms with Crippen molar-refractivity contribution in [3.8, 4) is 11.5 Å². The Kier molecular flexibility index (Phi) is 11.5. The monoisotopic (exact) mass is 533 g/mol. The summed E-state index contributed by atoms with van der Waals surface area (Å²) in [5.41, 5.74) is 8.37. The Balaban J connectivity index is 0.000000254. The average molecular weight is 534 g/mol. The molecule has 0 saturated heterocycles. The average Bonchev–Trinajstić information content (AvgIpc) is 2.88. The minimum Gasteiger partial charge on any atom is -0.456 e. The van der Waals surface area contributed by atoms with Crippen LogP contribution < -0.4 is 15.4 Å². The lowest BCUT2D eigenvalue weighted by atomic mass is 10.0. The van der Waals surface area contributed by atoms with Gasteiger partial charge in [-0.15, -0.1) is 11.6 Å². The standard InChI is InChI=1S/C14H20ClNO2.C12H9ClN2O3/c1-4-12-8-6-7-11(3)14(12)16(10-18-5-2)13(17)9-15;13-11-10(18-8-4-2-1-3-5-8)7-6-9(12(11)14)15(16)17/h6-8H,4-5,9-10H2,1-3H3;1-7H,14H2. The fourth-order valence-electron chi connectivity index (χ4n) is 3.32. The van der Waals surface area contributed by atoms with Crippen LogP contribution in [0.1, 0.15) is 25.0 Å². The van der Waals surface area contributed by atoms with Gasteiger partial charge in [0.1, 0.15) is 34.8 Å². The second-order valence-electron chi connectivity index (χ2n) is 7.50. The number of hydrogen-bond acceptors (Lipinski definition) is 6. The molecule has 0 radical (unpaired) electrons. The first kappa shape index (κ1) is 28.9. The zero-order valence-electron chi connectivity index (χ0n) is 20.4. The van der Waals surface area contributed by atoms with Crippen LogP contribution >= 0.6 is 23.2 Å². The number of nitro benzene ring substituents is 1. The van der Waals surface area contributed by atoms with Gasteiger partial charge < -0.3 is 15.2 Å². The molecule has 0 aliphatic heterocycles. The molecule has 2 N–H and O–H groups in total. The first-order valence-electron chi connectivity index (χ1n) is 11.2. The molecule has 10 heteroatoms. The van der Waals surface area contributed by atoms with Gasteiger partial charge in [-0.2, -0.15) is 0 Å². The van der Waals surface area contributed by atoms with Gasteiger partial charge in [0.25, 0.3) is 5.69 Å². The van der Waals surface area contributed by atoms with Gasteiger partial charge in [-0.3, -0.25) is 19.8 Å². The van der Waals surface area contributed by atoms with Crippen LogP contribution in [0.5, 0.6) is 11.5 Å². The van der Waals surface area contributed by atoms with Gasteiger partial charge in [-0.25, -0.2) is 0 Å². The zero-order chi connectivity index (χ0) is 26.7. The lowest BCUT2D eigenvalue weighted by Gasteiger charge is -2.25. The van der Waals surface area contributed by atoms with E-state index in [0.717, 1.165) is 23.2 Å². The zero-order valence-corrected chi connectivity index (χ0v) is 21.9. The number of rotatable bonds is 9. The van der Waals surface area contributed by atoms with Gasteiger partial charge >= 0.3 is 0 Å². The van der Waals surface area contributed by atoms with E-state index < -0.39 is 4.92 Å². The molecule has 0 saturated carbocycles. The number of anilines is 2. The Labute approximate surface area is 220 Å². The van der Waals surface area contributed by atoms with E-state index in [1.807, 2.05) is 38.1 Å². The second-order valence-corrected chi connectivity index (χ2v) is 8.14. The maximum Gasteiger partial charge on any atom is 0.293 e. The summed E-state index contributed by atoms with van der Waals surface area (Å²) < 4.78 is 10.9. The summed E-state index contributed by atoms with van der Waals surface area (Å²) in [4.78, 5) is 23.7. The van der Waals surface area contributed by atoms with Crippen molar-refractivity contribution in [1.29, 1.82) is 0 Å². The minimum absolute atomic E-state index is 0.0352. The van der Waals surface area contributed by atoms with Crippen molar-refractivity contribution in [2.45, 2.75) is 27.2 Å². The highest BCUT2D eigenvalue weighted by Crippen LogP contribution is 2.38. The number of nitrogens with zero attached hydrogens (tertiary/aromatic N) is 2. The number of halogens is 2. The quantitative estimate of drug-likeness (QED) is 0.107. The van der Waals surface area contributed by atoms with Crippen LogP contribution in [0, 0.1) is 17.0 Å². The first-order chi connectivity index (χ1) is 17.2. The smallest absolute Gasteiger partial charge is 0.293 e. The normalized spacial score (nSPS) is 10.2. The number of carbonyl (C=O) groups excluding carboxylic acids is 1. The van der Waals surface area contributed by atoms with Crippen LogP contribution in [0.4, 0.5) is 17.1 Å². The van der Waals surface area contributed by atoms with E-state index in [2.05, 4.69) is 6.92 Å². The number of amides is 1. The molecule has 3 aromatic carbocycles. The van der Waals surface area contributed by atoms with Gasteiger partial charge in [0, 0.05) is 12.7 Å². The van der Waals surface area contributed by atoms with Gasteiger partial charge in [0.05, 0.1) is 10.6 Å².